The fourth-order valence-corrected chi connectivity index (χ4v) is 3.66. The van der Waals surface area contributed by atoms with Gasteiger partial charge in [-0.3, -0.25) is 19.1 Å². The number of Topliss-reactive ketones (excluding diaryl/α,β-unsaturated/α-hetero) is 1. The fraction of sp³-hybridized carbons (Fsp3) is 0.235. The number of nitro benzene ring substituents is 1. The zero-order chi connectivity index (χ0) is 18.7. The first-order valence-electron chi connectivity index (χ1n) is 7.78. The first kappa shape index (κ1) is 18.0. The highest BCUT2D eigenvalue weighted by Crippen LogP contribution is 2.25. The Kier molecular flexibility index (Phi) is 5.01. The number of non-ortho nitro benzene ring substituents is 1. The van der Waals surface area contributed by atoms with Gasteiger partial charge in [-0.1, -0.05) is 18.2 Å². The molecule has 2 aromatic rings. The van der Waals surface area contributed by atoms with Crippen LogP contribution in [0.2, 0.25) is 0 Å². The first-order chi connectivity index (χ1) is 12.4. The van der Waals surface area contributed by atoms with Gasteiger partial charge in [-0.25, -0.2) is 0 Å². The smallest absolute Gasteiger partial charge is 0.297 e. The summed E-state index contributed by atoms with van der Waals surface area (Å²) in [5.41, 5.74) is 0.425. The molecule has 0 N–H and O–H groups in total. The second-order valence-corrected chi connectivity index (χ2v) is 7.25. The van der Waals surface area contributed by atoms with Crippen LogP contribution in [0.5, 0.6) is 5.75 Å². The van der Waals surface area contributed by atoms with Crippen molar-refractivity contribution in [2.75, 3.05) is 6.61 Å². The lowest BCUT2D eigenvalue weighted by Gasteiger charge is -2.21. The van der Waals surface area contributed by atoms with Crippen molar-refractivity contribution < 1.29 is 27.1 Å². The highest BCUT2D eigenvalue weighted by molar-refractivity contribution is 7.86. The van der Waals surface area contributed by atoms with Crippen LogP contribution in [0.4, 0.5) is 5.69 Å². The first-order valence-corrected chi connectivity index (χ1v) is 9.19. The van der Waals surface area contributed by atoms with Gasteiger partial charge in [-0.2, -0.15) is 8.42 Å². The molecule has 26 heavy (non-hydrogen) atoms. The maximum atomic E-state index is 12.4. The standard InChI is InChI=1S/C17H15NO7S/c19-15-11-12-3-1-2-4-16(12)24-10-9-17(15)25-26(22,23)14-7-5-13(6-8-14)18(20)21/h1-8,17H,9-11H2. The van der Waals surface area contributed by atoms with Gasteiger partial charge in [0.25, 0.3) is 15.8 Å². The Balaban J connectivity index is 1.78. The molecule has 0 aliphatic carbocycles. The minimum absolute atomic E-state index is 0.00335. The minimum atomic E-state index is -4.24. The Morgan fingerprint density at radius 3 is 2.50 bits per heavy atom. The number of ether oxygens (including phenoxy) is 1. The van der Waals surface area contributed by atoms with E-state index in [9.17, 15) is 23.3 Å². The van der Waals surface area contributed by atoms with E-state index in [1.807, 2.05) is 0 Å². The second kappa shape index (κ2) is 7.22. The number of hydrogen-bond donors (Lipinski definition) is 0. The van der Waals surface area contributed by atoms with Crippen molar-refractivity contribution in [3.63, 3.8) is 0 Å². The molecule has 0 aromatic heterocycles. The van der Waals surface area contributed by atoms with Crippen LogP contribution in [0.25, 0.3) is 0 Å². The molecule has 0 bridgehead atoms. The average Bonchev–Trinajstić information content (AvgIpc) is 2.61. The SMILES string of the molecule is O=C1Cc2ccccc2OCCC1OS(=O)(=O)c1ccc([N+](=O)[O-])cc1. The number of fused-ring (bicyclic) bond motifs is 1. The van der Waals surface area contributed by atoms with Crippen LogP contribution in [0.3, 0.4) is 0 Å². The molecule has 0 saturated carbocycles. The normalized spacial score (nSPS) is 17.5. The van der Waals surface area contributed by atoms with Crippen LogP contribution in [0.1, 0.15) is 12.0 Å². The van der Waals surface area contributed by atoms with Crippen LogP contribution in [-0.2, 0) is 25.5 Å². The zero-order valence-corrected chi connectivity index (χ0v) is 14.3. The van der Waals surface area contributed by atoms with E-state index in [1.165, 1.54) is 0 Å². The lowest BCUT2D eigenvalue weighted by Crippen LogP contribution is -2.32. The van der Waals surface area contributed by atoms with Crippen molar-refractivity contribution in [2.45, 2.75) is 23.8 Å². The molecule has 1 heterocycles. The van der Waals surface area contributed by atoms with Crippen molar-refractivity contribution in [1.82, 2.24) is 0 Å². The number of carbonyl (C=O) groups is 1. The van der Waals surface area contributed by atoms with Gasteiger partial charge < -0.3 is 4.74 Å². The molecule has 9 heteroatoms. The van der Waals surface area contributed by atoms with E-state index in [0.29, 0.717) is 11.3 Å². The summed E-state index contributed by atoms with van der Waals surface area (Å²) in [7, 11) is -4.24. The van der Waals surface area contributed by atoms with Crippen LogP contribution >= 0.6 is 0 Å². The second-order valence-electron chi connectivity index (χ2n) is 5.68. The number of ketones is 1. The predicted molar refractivity (Wildman–Crippen MR) is 90.4 cm³/mol. The van der Waals surface area contributed by atoms with E-state index in [2.05, 4.69) is 0 Å². The third-order valence-corrected chi connectivity index (χ3v) is 5.25. The summed E-state index contributed by atoms with van der Waals surface area (Å²) < 4.78 is 35.4. The molecule has 0 radical (unpaired) electrons. The highest BCUT2D eigenvalue weighted by atomic mass is 32.2. The summed E-state index contributed by atoms with van der Waals surface area (Å²) in [5.74, 6) is 0.226. The molecule has 3 rings (SSSR count). The zero-order valence-electron chi connectivity index (χ0n) is 13.5. The van der Waals surface area contributed by atoms with E-state index in [4.69, 9.17) is 8.92 Å². The quantitative estimate of drug-likeness (QED) is 0.456. The number of nitrogens with zero attached hydrogens (tertiary/aromatic N) is 1. The van der Waals surface area contributed by atoms with E-state index >= 15 is 0 Å². The van der Waals surface area contributed by atoms with Crippen LogP contribution in [0.15, 0.2) is 53.4 Å². The fourth-order valence-electron chi connectivity index (χ4n) is 2.57. The van der Waals surface area contributed by atoms with E-state index in [1.54, 1.807) is 24.3 Å². The topological polar surface area (TPSA) is 113 Å². The van der Waals surface area contributed by atoms with Crippen molar-refractivity contribution in [2.24, 2.45) is 0 Å². The Bertz CT molecular complexity index is 938. The lowest BCUT2D eigenvalue weighted by atomic mass is 10.0. The number of rotatable bonds is 4. The van der Waals surface area contributed by atoms with Gasteiger partial charge in [0.2, 0.25) is 0 Å². The molecule has 0 spiro atoms. The van der Waals surface area contributed by atoms with E-state index < -0.39 is 21.1 Å². The Morgan fingerprint density at radius 1 is 1.12 bits per heavy atom. The molecule has 0 fully saturated rings. The largest absolute Gasteiger partial charge is 0.493 e. The molecular weight excluding hydrogens is 362 g/mol. The lowest BCUT2D eigenvalue weighted by molar-refractivity contribution is -0.384. The molecule has 8 nitrogen and oxygen atoms in total. The molecule has 136 valence electrons. The number of nitro groups is 1. The third kappa shape index (κ3) is 3.89. The number of para-hydroxylation sites is 1. The van der Waals surface area contributed by atoms with E-state index in [-0.39, 0.29) is 35.8 Å². The number of hydrogen-bond acceptors (Lipinski definition) is 7. The number of benzene rings is 2. The van der Waals surface area contributed by atoms with Gasteiger partial charge in [0, 0.05) is 30.5 Å². The third-order valence-electron chi connectivity index (χ3n) is 3.91. The summed E-state index contributed by atoms with van der Waals surface area (Å²) in [4.78, 5) is 22.2. The summed E-state index contributed by atoms with van der Waals surface area (Å²) in [6.45, 7) is 0.128. The van der Waals surface area contributed by atoms with Gasteiger partial charge in [0.1, 0.15) is 11.9 Å². The molecule has 0 amide bonds. The van der Waals surface area contributed by atoms with Gasteiger partial charge in [0.15, 0.2) is 5.78 Å². The predicted octanol–water partition coefficient (Wildman–Crippen LogP) is 2.26. The molecule has 1 atom stereocenters. The van der Waals surface area contributed by atoms with Gasteiger partial charge >= 0.3 is 0 Å². The molecule has 1 aliphatic heterocycles. The summed E-state index contributed by atoms with van der Waals surface area (Å²) in [6, 6.07) is 11.3. The summed E-state index contributed by atoms with van der Waals surface area (Å²) in [6.07, 6.45) is -1.10. The summed E-state index contributed by atoms with van der Waals surface area (Å²) >= 11 is 0. The van der Waals surface area contributed by atoms with Crippen molar-refractivity contribution in [3.05, 3.63) is 64.2 Å². The van der Waals surface area contributed by atoms with Gasteiger partial charge in [0.05, 0.1) is 16.4 Å². The van der Waals surface area contributed by atoms with Crippen molar-refractivity contribution in [3.8, 4) is 5.75 Å². The molecule has 1 aliphatic rings. The monoisotopic (exact) mass is 377 g/mol. The maximum absolute atomic E-state index is 12.4. The Morgan fingerprint density at radius 2 is 1.81 bits per heavy atom. The molecule has 1 unspecified atom stereocenters. The van der Waals surface area contributed by atoms with Crippen LogP contribution < -0.4 is 4.74 Å². The van der Waals surface area contributed by atoms with Crippen LogP contribution in [0, 0.1) is 10.1 Å². The Labute approximate surface area is 149 Å². The molecule has 2 aromatic carbocycles. The Hall–Kier alpha value is -2.78. The van der Waals surface area contributed by atoms with E-state index in [0.717, 1.165) is 24.3 Å². The summed E-state index contributed by atoms with van der Waals surface area (Å²) in [5, 5.41) is 10.7. The average molecular weight is 377 g/mol. The van der Waals surface area contributed by atoms with Crippen molar-refractivity contribution in [1.29, 1.82) is 0 Å². The minimum Gasteiger partial charge on any atom is -0.493 e. The van der Waals surface area contributed by atoms with Gasteiger partial charge in [-0.05, 0) is 18.2 Å². The van der Waals surface area contributed by atoms with Crippen LogP contribution in [-0.4, -0.2) is 31.8 Å². The maximum Gasteiger partial charge on any atom is 0.297 e. The van der Waals surface area contributed by atoms with Gasteiger partial charge in [-0.15, -0.1) is 0 Å². The number of carbonyl (C=O) groups excluding carboxylic acids is 1. The molecular formula is C17H15NO7S. The van der Waals surface area contributed by atoms with Crippen molar-refractivity contribution >= 4 is 21.6 Å². The molecule has 0 saturated heterocycles. The highest BCUT2D eigenvalue weighted by Gasteiger charge is 2.29.